The number of nitrogens with one attached hydrogen (secondary N) is 1. The third kappa shape index (κ3) is 3.60. The second kappa shape index (κ2) is 7.64. The lowest BCUT2D eigenvalue weighted by Gasteiger charge is -2.39. The molecule has 0 aromatic carbocycles. The van der Waals surface area contributed by atoms with E-state index < -0.39 is 11.7 Å². The topological polar surface area (TPSA) is 48.5 Å². The highest BCUT2D eigenvalue weighted by Gasteiger charge is 2.60. The molecule has 2 aliphatic heterocycles. The molecule has 1 aromatic rings. The molecule has 2 saturated carbocycles. The average molecular weight is 437 g/mol. The number of amides is 1. The Hall–Kier alpha value is -1.83. The monoisotopic (exact) mass is 436 g/mol. The number of hydrogen-bond donors (Lipinski definition) is 1. The highest BCUT2D eigenvalue weighted by atomic mass is 19.4. The predicted molar refractivity (Wildman–Crippen MR) is 112 cm³/mol. The van der Waals surface area contributed by atoms with Crippen LogP contribution in [0.1, 0.15) is 57.4 Å². The van der Waals surface area contributed by atoms with Crippen LogP contribution < -0.4 is 10.2 Å². The van der Waals surface area contributed by atoms with E-state index >= 15 is 0 Å². The number of piperazine rings is 1. The molecular weight excluding hydrogens is 405 g/mol. The van der Waals surface area contributed by atoms with Crippen LogP contribution in [0.4, 0.5) is 19.0 Å². The Morgan fingerprint density at radius 2 is 1.94 bits per heavy atom. The van der Waals surface area contributed by atoms with Gasteiger partial charge in [0.2, 0.25) is 5.91 Å². The molecule has 4 fully saturated rings. The fraction of sp³-hybridized carbons (Fsp3) is 0.739. The van der Waals surface area contributed by atoms with E-state index in [0.717, 1.165) is 31.4 Å². The number of carbonyl (C=O) groups is 1. The number of hydrogen-bond acceptors (Lipinski definition) is 4. The lowest BCUT2D eigenvalue weighted by Crippen LogP contribution is -2.53. The van der Waals surface area contributed by atoms with Gasteiger partial charge in [-0.2, -0.15) is 13.2 Å². The first kappa shape index (κ1) is 21.0. The maximum atomic E-state index is 13.5. The zero-order chi connectivity index (χ0) is 21.8. The van der Waals surface area contributed by atoms with E-state index in [1.54, 1.807) is 0 Å². The van der Waals surface area contributed by atoms with Crippen molar-refractivity contribution in [3.63, 3.8) is 0 Å². The minimum Gasteiger partial charge on any atom is -0.353 e. The van der Waals surface area contributed by atoms with Gasteiger partial charge in [-0.15, -0.1) is 0 Å². The van der Waals surface area contributed by atoms with E-state index in [4.69, 9.17) is 0 Å². The molecule has 8 heteroatoms. The van der Waals surface area contributed by atoms with Gasteiger partial charge >= 0.3 is 6.18 Å². The van der Waals surface area contributed by atoms with Crippen molar-refractivity contribution < 1.29 is 18.0 Å². The molecule has 5 rings (SSSR count). The predicted octanol–water partition coefficient (Wildman–Crippen LogP) is 3.84. The molecule has 2 aliphatic carbocycles. The number of rotatable bonds is 3. The van der Waals surface area contributed by atoms with Crippen molar-refractivity contribution >= 4 is 11.7 Å². The SMILES string of the molecule is CC1C2CN(c3cc(C(F)(F)F)ccn3)CCN2C(=O)[C@]12CC[C@@H](NC1CCCC1)C2. The van der Waals surface area contributed by atoms with Crippen molar-refractivity contribution in [1.29, 1.82) is 0 Å². The molecule has 1 N–H and O–H groups in total. The van der Waals surface area contributed by atoms with Crippen LogP contribution in [0.3, 0.4) is 0 Å². The number of nitrogens with zero attached hydrogens (tertiary/aromatic N) is 3. The standard InChI is InChI=1S/C23H31F3N4O/c1-15-19-14-29(20-12-16(7-9-27-20)23(24,25)26)10-11-30(19)21(31)22(15)8-6-18(13-22)28-17-4-2-3-5-17/h7,9,12,15,17-19,28H,2-6,8,10-11,13-14H2,1H3/t15?,18-,19?,22+/m1/s1. The average Bonchev–Trinajstić information content (AvgIpc) is 3.46. The summed E-state index contributed by atoms with van der Waals surface area (Å²) >= 11 is 0. The summed E-state index contributed by atoms with van der Waals surface area (Å²) in [6, 6.07) is 3.16. The molecular formula is C23H31F3N4O. The van der Waals surface area contributed by atoms with Gasteiger partial charge in [-0.25, -0.2) is 4.98 Å². The summed E-state index contributed by atoms with van der Waals surface area (Å²) < 4.78 is 39.4. The smallest absolute Gasteiger partial charge is 0.353 e. The Kier molecular flexibility index (Phi) is 5.19. The van der Waals surface area contributed by atoms with Gasteiger partial charge in [0.1, 0.15) is 5.82 Å². The summed E-state index contributed by atoms with van der Waals surface area (Å²) in [6.07, 6.45) is 4.73. The van der Waals surface area contributed by atoms with Gasteiger partial charge in [-0.05, 0) is 50.2 Å². The molecule has 1 aromatic heterocycles. The second-order valence-corrected chi connectivity index (χ2v) is 9.94. The van der Waals surface area contributed by atoms with Crippen LogP contribution in [0.5, 0.6) is 0 Å². The first-order valence-electron chi connectivity index (χ1n) is 11.6. The van der Waals surface area contributed by atoms with E-state index in [0.29, 0.717) is 37.5 Å². The van der Waals surface area contributed by atoms with Crippen molar-refractivity contribution in [2.45, 2.75) is 76.2 Å². The van der Waals surface area contributed by atoms with E-state index in [1.807, 2.05) is 9.80 Å². The minimum absolute atomic E-state index is 0.0304. The van der Waals surface area contributed by atoms with Gasteiger partial charge in [0, 0.05) is 37.9 Å². The van der Waals surface area contributed by atoms with Gasteiger partial charge < -0.3 is 15.1 Å². The van der Waals surface area contributed by atoms with Crippen molar-refractivity contribution in [1.82, 2.24) is 15.2 Å². The molecule has 31 heavy (non-hydrogen) atoms. The van der Waals surface area contributed by atoms with Crippen molar-refractivity contribution in [3.05, 3.63) is 23.9 Å². The molecule has 1 amide bonds. The third-order valence-corrected chi connectivity index (χ3v) is 8.33. The van der Waals surface area contributed by atoms with E-state index in [-0.39, 0.29) is 23.3 Å². The lowest BCUT2D eigenvalue weighted by atomic mass is 9.74. The largest absolute Gasteiger partial charge is 0.416 e. The van der Waals surface area contributed by atoms with Crippen molar-refractivity contribution in [2.75, 3.05) is 24.5 Å². The molecule has 2 unspecified atom stereocenters. The number of anilines is 1. The van der Waals surface area contributed by atoms with Crippen LogP contribution in [0.15, 0.2) is 18.3 Å². The first-order valence-corrected chi connectivity index (χ1v) is 11.6. The van der Waals surface area contributed by atoms with Crippen molar-refractivity contribution in [3.8, 4) is 0 Å². The van der Waals surface area contributed by atoms with Gasteiger partial charge in [0.15, 0.2) is 0 Å². The second-order valence-electron chi connectivity index (χ2n) is 9.94. The quantitative estimate of drug-likeness (QED) is 0.782. The van der Waals surface area contributed by atoms with Crippen LogP contribution in [-0.4, -0.2) is 53.6 Å². The fourth-order valence-electron chi connectivity index (χ4n) is 6.57. The van der Waals surface area contributed by atoms with E-state index in [1.165, 1.54) is 31.9 Å². The maximum Gasteiger partial charge on any atom is 0.416 e. The van der Waals surface area contributed by atoms with Crippen LogP contribution in [-0.2, 0) is 11.0 Å². The summed E-state index contributed by atoms with van der Waals surface area (Å²) in [6.45, 7) is 3.78. The zero-order valence-electron chi connectivity index (χ0n) is 18.0. The number of alkyl halides is 3. The molecule has 1 spiro atoms. The Labute approximate surface area is 181 Å². The number of pyridine rings is 1. The molecule has 4 aliphatic rings. The first-order chi connectivity index (χ1) is 14.8. The van der Waals surface area contributed by atoms with Crippen LogP contribution in [0.25, 0.3) is 0 Å². The zero-order valence-corrected chi connectivity index (χ0v) is 18.0. The Morgan fingerprint density at radius 1 is 1.16 bits per heavy atom. The van der Waals surface area contributed by atoms with E-state index in [9.17, 15) is 18.0 Å². The molecule has 0 bridgehead atoms. The lowest BCUT2D eigenvalue weighted by molar-refractivity contribution is -0.138. The van der Waals surface area contributed by atoms with Crippen LogP contribution in [0, 0.1) is 11.3 Å². The summed E-state index contributed by atoms with van der Waals surface area (Å²) in [7, 11) is 0. The Morgan fingerprint density at radius 3 is 2.68 bits per heavy atom. The van der Waals surface area contributed by atoms with Crippen LogP contribution >= 0.6 is 0 Å². The molecule has 4 atom stereocenters. The maximum absolute atomic E-state index is 13.5. The Balaban J connectivity index is 1.31. The van der Waals surface area contributed by atoms with Gasteiger partial charge in [0.05, 0.1) is 17.0 Å². The molecule has 170 valence electrons. The summed E-state index contributed by atoms with van der Waals surface area (Å²) in [5.41, 5.74) is -0.998. The summed E-state index contributed by atoms with van der Waals surface area (Å²) in [5, 5.41) is 3.81. The van der Waals surface area contributed by atoms with Gasteiger partial charge in [-0.3, -0.25) is 4.79 Å². The summed E-state index contributed by atoms with van der Waals surface area (Å²) in [5.74, 6) is 0.795. The summed E-state index contributed by atoms with van der Waals surface area (Å²) in [4.78, 5) is 21.6. The molecule has 3 heterocycles. The number of halogens is 3. The van der Waals surface area contributed by atoms with Gasteiger partial charge in [0.25, 0.3) is 0 Å². The molecule has 0 radical (unpaired) electrons. The highest BCUT2D eigenvalue weighted by molar-refractivity contribution is 5.87. The minimum atomic E-state index is -4.38. The molecule has 5 nitrogen and oxygen atoms in total. The third-order valence-electron chi connectivity index (χ3n) is 8.33. The van der Waals surface area contributed by atoms with Gasteiger partial charge in [-0.1, -0.05) is 19.8 Å². The van der Waals surface area contributed by atoms with E-state index in [2.05, 4.69) is 17.2 Å². The highest BCUT2D eigenvalue weighted by Crippen LogP contribution is 2.53. The normalized spacial score (nSPS) is 34.2. The Bertz CT molecular complexity index is 840. The van der Waals surface area contributed by atoms with Crippen molar-refractivity contribution in [2.24, 2.45) is 11.3 Å². The molecule has 2 saturated heterocycles. The number of carbonyl (C=O) groups excluding carboxylic acids is 1. The van der Waals surface area contributed by atoms with Crippen LogP contribution in [0.2, 0.25) is 0 Å². The number of fused-ring (bicyclic) bond motifs is 1. The fourth-order valence-corrected chi connectivity index (χ4v) is 6.57. The number of aromatic nitrogens is 1.